The molecular weight excluding hydrogens is 188 g/mol. The molecular formula is C9H8O5. The van der Waals surface area contributed by atoms with Crippen LogP contribution in [0.3, 0.4) is 0 Å². The number of phenolic OH excluding ortho intramolecular Hbond substituents is 3. The molecule has 0 aliphatic rings. The number of carbonyl (C=O) groups excluding carboxylic acids is 2. The minimum atomic E-state index is -0.146. The van der Waals surface area contributed by atoms with E-state index in [0.29, 0.717) is 0 Å². The van der Waals surface area contributed by atoms with Gasteiger partial charge in [0.25, 0.3) is 0 Å². The Balaban J connectivity index is 0. The predicted octanol–water partition coefficient (Wildman–Crippen LogP) is 0.269. The number of benzene rings is 1. The lowest BCUT2D eigenvalue weighted by Gasteiger charge is -1.94. The molecule has 0 bridgehead atoms. The van der Waals surface area contributed by atoms with Gasteiger partial charge < -0.3 is 15.3 Å². The monoisotopic (exact) mass is 196 g/mol. The van der Waals surface area contributed by atoms with Gasteiger partial charge in [0, 0.05) is 25.6 Å². The van der Waals surface area contributed by atoms with Gasteiger partial charge in [-0.3, -0.25) is 9.59 Å². The van der Waals surface area contributed by atoms with Gasteiger partial charge in [0.05, 0.1) is 0 Å². The Bertz CT molecular complexity index is 239. The molecule has 0 aliphatic heterocycles. The van der Waals surface area contributed by atoms with Crippen LogP contribution in [0, 0.1) is 7.43 Å². The Morgan fingerprint density at radius 2 is 1.00 bits per heavy atom. The number of carbonyl (C=O) groups is 2. The van der Waals surface area contributed by atoms with Gasteiger partial charge >= 0.3 is 0 Å². The standard InChI is InChI=1S/C6H6O3.C2H2O2.C/c7-4-1-5(8)3-6(9)2-4;3-1-2-4;/h1-3,7-9H;1-2H;. The fourth-order valence-corrected chi connectivity index (χ4v) is 0.580. The summed E-state index contributed by atoms with van der Waals surface area (Å²) in [5.74, 6) is -0.437. The highest BCUT2D eigenvalue weighted by molar-refractivity contribution is 6.09. The molecule has 0 heterocycles. The van der Waals surface area contributed by atoms with Crippen molar-refractivity contribution in [2.45, 2.75) is 0 Å². The van der Waals surface area contributed by atoms with Crippen LogP contribution in [0.25, 0.3) is 0 Å². The fourth-order valence-electron chi connectivity index (χ4n) is 0.580. The van der Waals surface area contributed by atoms with Crippen molar-refractivity contribution >= 4 is 12.6 Å². The maximum Gasteiger partial charge on any atom is 0.182 e. The molecule has 5 heteroatoms. The molecule has 1 aromatic carbocycles. The number of phenols is 3. The van der Waals surface area contributed by atoms with Crippen molar-refractivity contribution < 1.29 is 24.9 Å². The van der Waals surface area contributed by atoms with E-state index >= 15 is 0 Å². The molecule has 1 rings (SSSR count). The molecule has 0 atom stereocenters. The van der Waals surface area contributed by atoms with Gasteiger partial charge in [0.2, 0.25) is 0 Å². The van der Waals surface area contributed by atoms with Crippen molar-refractivity contribution in [3.05, 3.63) is 25.6 Å². The van der Waals surface area contributed by atoms with E-state index in [4.69, 9.17) is 24.9 Å². The molecule has 14 heavy (non-hydrogen) atoms. The first-order valence-electron chi connectivity index (χ1n) is 3.21. The Labute approximate surface area is 81.2 Å². The molecule has 0 saturated heterocycles. The quantitative estimate of drug-likeness (QED) is 0.442. The summed E-state index contributed by atoms with van der Waals surface area (Å²) in [7, 11) is 0. The van der Waals surface area contributed by atoms with Crippen LogP contribution in [0.1, 0.15) is 0 Å². The van der Waals surface area contributed by atoms with Crippen LogP contribution in [0.15, 0.2) is 18.2 Å². The minimum absolute atomic E-state index is 0. The van der Waals surface area contributed by atoms with Crippen LogP contribution in [0.2, 0.25) is 0 Å². The first-order chi connectivity index (χ1) is 6.10. The lowest BCUT2D eigenvalue weighted by molar-refractivity contribution is -0.122. The van der Waals surface area contributed by atoms with Gasteiger partial charge in [-0.05, 0) is 0 Å². The number of hydrogen-bond donors (Lipinski definition) is 3. The molecule has 3 N–H and O–H groups in total. The van der Waals surface area contributed by atoms with Crippen LogP contribution in [-0.2, 0) is 9.59 Å². The topological polar surface area (TPSA) is 94.8 Å². The Hall–Kier alpha value is -2.04. The van der Waals surface area contributed by atoms with Crippen molar-refractivity contribution in [3.8, 4) is 17.2 Å². The van der Waals surface area contributed by atoms with Gasteiger partial charge in [-0.2, -0.15) is 0 Å². The maximum atomic E-state index is 8.81. The summed E-state index contributed by atoms with van der Waals surface area (Å²) in [5.41, 5.74) is 0. The van der Waals surface area contributed by atoms with E-state index in [1.54, 1.807) is 0 Å². The molecule has 74 valence electrons. The Kier molecular flexibility index (Phi) is 7.86. The summed E-state index contributed by atoms with van der Waals surface area (Å²) in [5, 5.41) is 26.0. The zero-order valence-corrected chi connectivity index (χ0v) is 7.04. The van der Waals surface area contributed by atoms with Crippen LogP contribution in [-0.4, -0.2) is 27.9 Å². The first kappa shape index (κ1) is 14.5. The van der Waals surface area contributed by atoms with Crippen molar-refractivity contribution in [2.75, 3.05) is 0 Å². The Morgan fingerprint density at radius 3 is 1.14 bits per heavy atom. The third-order valence-corrected chi connectivity index (χ3v) is 0.943. The van der Waals surface area contributed by atoms with E-state index in [0.717, 1.165) is 18.2 Å². The second-order valence-electron chi connectivity index (χ2n) is 1.98. The second kappa shape index (κ2) is 7.60. The van der Waals surface area contributed by atoms with Crippen LogP contribution in [0.4, 0.5) is 0 Å². The third kappa shape index (κ3) is 6.66. The average Bonchev–Trinajstić information content (AvgIpc) is 2.02. The molecule has 0 spiro atoms. The summed E-state index contributed by atoms with van der Waals surface area (Å²) in [4.78, 5) is 17.6. The number of hydrogen-bond acceptors (Lipinski definition) is 5. The smallest absolute Gasteiger partial charge is 0.182 e. The molecule has 0 amide bonds. The van der Waals surface area contributed by atoms with Gasteiger partial charge in [-0.15, -0.1) is 0 Å². The molecule has 4 radical (unpaired) electrons. The summed E-state index contributed by atoms with van der Waals surface area (Å²) in [6.07, 6.45) is 0.389. The molecule has 0 unspecified atom stereocenters. The van der Waals surface area contributed by atoms with Crippen LogP contribution < -0.4 is 0 Å². The lowest BCUT2D eigenvalue weighted by atomic mass is 10.3. The SMILES string of the molecule is O=CC=O.Oc1cc(O)cc(O)c1.[C]. The summed E-state index contributed by atoms with van der Waals surface area (Å²) >= 11 is 0. The van der Waals surface area contributed by atoms with Gasteiger partial charge in [0.15, 0.2) is 12.6 Å². The summed E-state index contributed by atoms with van der Waals surface area (Å²) < 4.78 is 0. The largest absolute Gasteiger partial charge is 0.508 e. The van der Waals surface area contributed by atoms with Crippen molar-refractivity contribution in [3.63, 3.8) is 0 Å². The van der Waals surface area contributed by atoms with Gasteiger partial charge in [-0.1, -0.05) is 0 Å². The molecule has 0 aliphatic carbocycles. The van der Waals surface area contributed by atoms with E-state index in [1.807, 2.05) is 0 Å². The van der Waals surface area contributed by atoms with Crippen LogP contribution in [0.5, 0.6) is 17.2 Å². The van der Waals surface area contributed by atoms with E-state index in [2.05, 4.69) is 0 Å². The van der Waals surface area contributed by atoms with Crippen molar-refractivity contribution in [1.82, 2.24) is 0 Å². The minimum Gasteiger partial charge on any atom is -0.508 e. The number of aldehydes is 2. The van der Waals surface area contributed by atoms with Crippen molar-refractivity contribution in [1.29, 1.82) is 0 Å². The normalized spacial score (nSPS) is 7.43. The van der Waals surface area contributed by atoms with Crippen LogP contribution >= 0.6 is 0 Å². The maximum absolute atomic E-state index is 8.81. The molecule has 5 nitrogen and oxygen atoms in total. The zero-order chi connectivity index (χ0) is 10.3. The number of rotatable bonds is 1. The first-order valence-corrected chi connectivity index (χ1v) is 3.21. The fraction of sp³-hybridized carbons (Fsp3) is 0. The van der Waals surface area contributed by atoms with E-state index in [-0.39, 0.29) is 37.2 Å². The highest BCUT2D eigenvalue weighted by Gasteiger charge is 1.94. The zero-order valence-electron chi connectivity index (χ0n) is 7.04. The predicted molar refractivity (Wildman–Crippen MR) is 46.8 cm³/mol. The summed E-state index contributed by atoms with van der Waals surface area (Å²) in [6.45, 7) is 0. The van der Waals surface area contributed by atoms with E-state index in [1.165, 1.54) is 0 Å². The molecule has 1 aromatic rings. The van der Waals surface area contributed by atoms with Gasteiger partial charge in [0.1, 0.15) is 17.2 Å². The Morgan fingerprint density at radius 1 is 0.786 bits per heavy atom. The lowest BCUT2D eigenvalue weighted by Crippen LogP contribution is -1.66. The van der Waals surface area contributed by atoms with E-state index in [9.17, 15) is 0 Å². The average molecular weight is 196 g/mol. The second-order valence-corrected chi connectivity index (χ2v) is 1.98. The highest BCUT2D eigenvalue weighted by Crippen LogP contribution is 2.23. The number of aromatic hydroxyl groups is 3. The molecule has 0 fully saturated rings. The van der Waals surface area contributed by atoms with E-state index < -0.39 is 0 Å². The van der Waals surface area contributed by atoms with Crippen molar-refractivity contribution in [2.24, 2.45) is 0 Å². The summed E-state index contributed by atoms with van der Waals surface area (Å²) in [6, 6.07) is 3.42. The van der Waals surface area contributed by atoms with Gasteiger partial charge in [-0.25, -0.2) is 0 Å². The molecule has 0 aromatic heterocycles. The molecule has 0 saturated carbocycles. The third-order valence-electron chi connectivity index (χ3n) is 0.943. The highest BCUT2D eigenvalue weighted by atomic mass is 16.3.